The van der Waals surface area contributed by atoms with Crippen LogP contribution in [0.3, 0.4) is 0 Å². The third-order valence-electron chi connectivity index (χ3n) is 3.23. The van der Waals surface area contributed by atoms with Gasteiger partial charge in [0.15, 0.2) is 5.82 Å². The second-order valence-electron chi connectivity index (χ2n) is 4.73. The number of hydrogen-bond donors (Lipinski definition) is 1. The van der Waals surface area contributed by atoms with Crippen molar-refractivity contribution in [1.82, 2.24) is 15.0 Å². The first-order chi connectivity index (χ1) is 9.49. The van der Waals surface area contributed by atoms with Crippen LogP contribution in [0, 0.1) is 6.92 Å². The molecule has 0 saturated heterocycles. The van der Waals surface area contributed by atoms with Crippen molar-refractivity contribution in [2.45, 2.75) is 26.4 Å². The predicted molar refractivity (Wildman–Crippen MR) is 72.3 cm³/mol. The minimum Gasteiger partial charge on any atom is -0.478 e. The second-order valence-corrected chi connectivity index (χ2v) is 4.73. The maximum Gasteiger partial charge on any atom is 0.336 e. The topological polar surface area (TPSA) is 79.5 Å². The number of hydrogen-bond acceptors (Lipinski definition) is 5. The molecule has 0 amide bonds. The van der Waals surface area contributed by atoms with E-state index in [9.17, 15) is 9.90 Å². The third-order valence-corrected chi connectivity index (χ3v) is 3.23. The molecule has 6 heteroatoms. The van der Waals surface area contributed by atoms with Crippen molar-refractivity contribution >= 4 is 5.97 Å². The Balaban J connectivity index is 2.15. The Kier molecular flexibility index (Phi) is 4.14. The van der Waals surface area contributed by atoms with Crippen molar-refractivity contribution in [3.8, 4) is 0 Å². The summed E-state index contributed by atoms with van der Waals surface area (Å²) in [6.07, 6.45) is 0. The average molecular weight is 275 g/mol. The molecule has 1 aromatic heterocycles. The lowest BCUT2D eigenvalue weighted by atomic mass is 10.1. The minimum absolute atomic E-state index is 0.0851. The molecule has 0 bridgehead atoms. The van der Waals surface area contributed by atoms with Crippen molar-refractivity contribution in [3.05, 3.63) is 47.1 Å². The summed E-state index contributed by atoms with van der Waals surface area (Å²) in [4.78, 5) is 17.3. The van der Waals surface area contributed by atoms with Crippen LogP contribution in [0.25, 0.3) is 0 Å². The molecule has 0 spiro atoms. The van der Waals surface area contributed by atoms with E-state index in [-0.39, 0.29) is 6.04 Å². The first-order valence-electron chi connectivity index (χ1n) is 6.30. The molecule has 1 atom stereocenters. The molecule has 20 heavy (non-hydrogen) atoms. The minimum atomic E-state index is -0.921. The smallest absolute Gasteiger partial charge is 0.336 e. The van der Waals surface area contributed by atoms with Gasteiger partial charge in [0.25, 0.3) is 0 Å². The Hall–Kier alpha value is -2.21. The summed E-state index contributed by atoms with van der Waals surface area (Å²) < 4.78 is 5.14. The number of aromatic carboxylic acids is 1. The highest BCUT2D eigenvalue weighted by Crippen LogP contribution is 2.20. The number of rotatable bonds is 5. The number of carboxylic acid groups (broad SMARTS) is 1. The van der Waals surface area contributed by atoms with E-state index >= 15 is 0 Å². The van der Waals surface area contributed by atoms with Crippen LogP contribution in [0.15, 0.2) is 28.8 Å². The van der Waals surface area contributed by atoms with E-state index < -0.39 is 5.97 Å². The van der Waals surface area contributed by atoms with Crippen molar-refractivity contribution in [3.63, 3.8) is 0 Å². The van der Waals surface area contributed by atoms with Gasteiger partial charge in [-0.3, -0.25) is 4.90 Å². The van der Waals surface area contributed by atoms with Crippen LogP contribution in [0.4, 0.5) is 0 Å². The van der Waals surface area contributed by atoms with Gasteiger partial charge >= 0.3 is 5.97 Å². The molecule has 0 aliphatic carbocycles. The monoisotopic (exact) mass is 275 g/mol. The lowest BCUT2D eigenvalue weighted by molar-refractivity contribution is 0.0694. The van der Waals surface area contributed by atoms with E-state index in [2.05, 4.69) is 10.1 Å². The SMILES string of the molecule is Cc1noc(C(C)N(C)Cc2ccccc2C(=O)O)n1. The zero-order valence-corrected chi connectivity index (χ0v) is 11.7. The Labute approximate surface area is 117 Å². The molecule has 0 fully saturated rings. The van der Waals surface area contributed by atoms with E-state index in [1.807, 2.05) is 31.0 Å². The molecule has 0 aliphatic heterocycles. The van der Waals surface area contributed by atoms with Crippen LogP contribution in [0.1, 0.15) is 40.6 Å². The van der Waals surface area contributed by atoms with Crippen molar-refractivity contribution < 1.29 is 14.4 Å². The van der Waals surface area contributed by atoms with Gasteiger partial charge in [-0.05, 0) is 32.5 Å². The standard InChI is InChI=1S/C14H17N3O3/c1-9(13-15-10(2)16-20-13)17(3)8-11-6-4-5-7-12(11)14(18)19/h4-7,9H,8H2,1-3H3,(H,18,19). The van der Waals surface area contributed by atoms with Gasteiger partial charge < -0.3 is 9.63 Å². The van der Waals surface area contributed by atoms with Crippen LogP contribution in [0.5, 0.6) is 0 Å². The Morgan fingerprint density at radius 1 is 1.45 bits per heavy atom. The van der Waals surface area contributed by atoms with Gasteiger partial charge in [-0.2, -0.15) is 4.98 Å². The van der Waals surface area contributed by atoms with Crippen LogP contribution >= 0.6 is 0 Å². The number of nitrogens with zero attached hydrogens (tertiary/aromatic N) is 3. The fraction of sp³-hybridized carbons (Fsp3) is 0.357. The molecule has 106 valence electrons. The van der Waals surface area contributed by atoms with Gasteiger partial charge in [-0.1, -0.05) is 23.4 Å². The van der Waals surface area contributed by atoms with Gasteiger partial charge in [0.1, 0.15) is 0 Å². The molecule has 2 rings (SSSR count). The van der Waals surface area contributed by atoms with Gasteiger partial charge in [0.05, 0.1) is 11.6 Å². The number of aryl methyl sites for hydroxylation is 1. The van der Waals surface area contributed by atoms with Crippen molar-refractivity contribution in [1.29, 1.82) is 0 Å². The number of aromatic nitrogens is 2. The van der Waals surface area contributed by atoms with E-state index in [1.165, 1.54) is 0 Å². The molecule has 1 N–H and O–H groups in total. The number of carbonyl (C=O) groups is 1. The van der Waals surface area contributed by atoms with E-state index in [4.69, 9.17) is 4.52 Å². The average Bonchev–Trinajstić information content (AvgIpc) is 2.84. The highest BCUT2D eigenvalue weighted by atomic mass is 16.5. The largest absolute Gasteiger partial charge is 0.478 e. The molecular formula is C14H17N3O3. The van der Waals surface area contributed by atoms with E-state index in [0.29, 0.717) is 23.8 Å². The molecule has 1 aromatic carbocycles. The van der Waals surface area contributed by atoms with Gasteiger partial charge in [-0.15, -0.1) is 0 Å². The first-order valence-corrected chi connectivity index (χ1v) is 6.30. The normalized spacial score (nSPS) is 12.6. The molecule has 0 saturated carbocycles. The lowest BCUT2D eigenvalue weighted by Gasteiger charge is -2.22. The maximum absolute atomic E-state index is 11.2. The summed E-state index contributed by atoms with van der Waals surface area (Å²) in [6.45, 7) is 4.20. The van der Waals surface area contributed by atoms with E-state index in [0.717, 1.165) is 5.56 Å². The molecule has 1 unspecified atom stereocenters. The quantitative estimate of drug-likeness (QED) is 0.901. The fourth-order valence-corrected chi connectivity index (χ4v) is 1.94. The van der Waals surface area contributed by atoms with Gasteiger partial charge in [0.2, 0.25) is 5.89 Å². The summed E-state index contributed by atoms with van der Waals surface area (Å²) in [5.41, 5.74) is 1.07. The maximum atomic E-state index is 11.2. The number of benzene rings is 1. The molecule has 0 aliphatic rings. The molecule has 6 nitrogen and oxygen atoms in total. The Morgan fingerprint density at radius 3 is 2.75 bits per heavy atom. The summed E-state index contributed by atoms with van der Waals surface area (Å²) in [7, 11) is 1.89. The summed E-state index contributed by atoms with van der Waals surface area (Å²) >= 11 is 0. The van der Waals surface area contributed by atoms with Crippen molar-refractivity contribution in [2.24, 2.45) is 0 Å². The summed E-state index contributed by atoms with van der Waals surface area (Å²) in [5.74, 6) is 0.194. The second kappa shape index (κ2) is 5.83. The fourth-order valence-electron chi connectivity index (χ4n) is 1.94. The predicted octanol–water partition coefficient (Wildman–Crippen LogP) is 2.27. The Morgan fingerprint density at radius 2 is 2.15 bits per heavy atom. The zero-order chi connectivity index (χ0) is 14.7. The molecular weight excluding hydrogens is 258 g/mol. The molecule has 0 radical (unpaired) electrons. The lowest BCUT2D eigenvalue weighted by Crippen LogP contribution is -2.23. The van der Waals surface area contributed by atoms with E-state index in [1.54, 1.807) is 19.1 Å². The Bertz CT molecular complexity index is 609. The first kappa shape index (κ1) is 14.2. The molecule has 1 heterocycles. The van der Waals surface area contributed by atoms with Gasteiger partial charge in [0, 0.05) is 6.54 Å². The third kappa shape index (κ3) is 3.03. The highest BCUT2D eigenvalue weighted by Gasteiger charge is 2.19. The summed E-state index contributed by atoms with van der Waals surface area (Å²) in [6, 6.07) is 6.88. The van der Waals surface area contributed by atoms with Crippen LogP contribution in [-0.2, 0) is 6.54 Å². The summed E-state index contributed by atoms with van der Waals surface area (Å²) in [5, 5.41) is 12.9. The highest BCUT2D eigenvalue weighted by molar-refractivity contribution is 5.89. The van der Waals surface area contributed by atoms with Crippen LogP contribution < -0.4 is 0 Å². The zero-order valence-electron chi connectivity index (χ0n) is 11.7. The van der Waals surface area contributed by atoms with Crippen LogP contribution in [0.2, 0.25) is 0 Å². The van der Waals surface area contributed by atoms with Crippen LogP contribution in [-0.4, -0.2) is 33.2 Å². The number of carboxylic acids is 1. The van der Waals surface area contributed by atoms with Gasteiger partial charge in [-0.25, -0.2) is 4.79 Å². The molecule has 2 aromatic rings. The van der Waals surface area contributed by atoms with Crippen molar-refractivity contribution in [2.75, 3.05) is 7.05 Å².